The molecule has 1 aromatic heterocycles. The van der Waals surface area contributed by atoms with Gasteiger partial charge < -0.3 is 20.5 Å². The zero-order valence-electron chi connectivity index (χ0n) is 14.8. The van der Waals surface area contributed by atoms with Crippen LogP contribution in [0.15, 0.2) is 71.4 Å². The number of benzene rings is 2. The fourth-order valence-corrected chi connectivity index (χ4v) is 3.21. The lowest BCUT2D eigenvalue weighted by Gasteiger charge is -2.13. The molecule has 0 fully saturated rings. The molecule has 140 valence electrons. The summed E-state index contributed by atoms with van der Waals surface area (Å²) in [6.07, 6.45) is -0.757. The SMILES string of the molecule is O=C(NCCOc1ccccc1)NCC(O)c1ccc(-c2ccsc2)cc1. The number of thiophene rings is 1. The molecular weight excluding hydrogens is 360 g/mol. The highest BCUT2D eigenvalue weighted by Crippen LogP contribution is 2.23. The monoisotopic (exact) mass is 382 g/mol. The number of amides is 2. The van der Waals surface area contributed by atoms with E-state index in [9.17, 15) is 9.90 Å². The van der Waals surface area contributed by atoms with E-state index in [4.69, 9.17) is 4.74 Å². The highest BCUT2D eigenvalue weighted by molar-refractivity contribution is 7.08. The Morgan fingerprint density at radius 2 is 1.78 bits per heavy atom. The van der Waals surface area contributed by atoms with Crippen LogP contribution in [0.4, 0.5) is 4.79 Å². The summed E-state index contributed by atoms with van der Waals surface area (Å²) in [7, 11) is 0. The van der Waals surface area contributed by atoms with E-state index in [2.05, 4.69) is 22.1 Å². The van der Waals surface area contributed by atoms with Gasteiger partial charge in [0.25, 0.3) is 0 Å². The van der Waals surface area contributed by atoms with Gasteiger partial charge in [0.1, 0.15) is 12.4 Å². The van der Waals surface area contributed by atoms with Crippen molar-refractivity contribution in [1.82, 2.24) is 10.6 Å². The normalized spacial score (nSPS) is 11.6. The molecule has 2 amide bonds. The van der Waals surface area contributed by atoms with Gasteiger partial charge in [-0.3, -0.25) is 0 Å². The average Bonchev–Trinajstić information content (AvgIpc) is 3.25. The number of carbonyl (C=O) groups is 1. The summed E-state index contributed by atoms with van der Waals surface area (Å²) >= 11 is 1.65. The summed E-state index contributed by atoms with van der Waals surface area (Å²) < 4.78 is 5.50. The van der Waals surface area contributed by atoms with E-state index < -0.39 is 6.10 Å². The maximum atomic E-state index is 11.8. The van der Waals surface area contributed by atoms with Gasteiger partial charge in [-0.15, -0.1) is 0 Å². The second kappa shape index (κ2) is 9.75. The van der Waals surface area contributed by atoms with Gasteiger partial charge in [-0.1, -0.05) is 42.5 Å². The molecule has 6 heteroatoms. The molecule has 27 heavy (non-hydrogen) atoms. The molecule has 1 atom stereocenters. The molecule has 0 aliphatic heterocycles. The lowest BCUT2D eigenvalue weighted by molar-refractivity contribution is 0.173. The number of urea groups is 1. The molecular formula is C21H22N2O3S. The van der Waals surface area contributed by atoms with Crippen LogP contribution in [-0.2, 0) is 0 Å². The maximum absolute atomic E-state index is 11.8. The molecule has 0 aliphatic carbocycles. The van der Waals surface area contributed by atoms with Crippen molar-refractivity contribution in [2.24, 2.45) is 0 Å². The molecule has 0 radical (unpaired) electrons. The standard InChI is InChI=1S/C21H22N2O3S/c24-20(17-8-6-16(7-9-17)18-10-13-27-15-18)14-23-21(25)22-11-12-26-19-4-2-1-3-5-19/h1-10,13,15,20,24H,11-12,14H2,(H2,22,23,25). The fraction of sp³-hybridized carbons (Fsp3) is 0.190. The van der Waals surface area contributed by atoms with Crippen molar-refractivity contribution in [3.8, 4) is 16.9 Å². The first kappa shape index (κ1) is 18.9. The molecule has 0 aliphatic rings. The number of para-hydroxylation sites is 1. The minimum absolute atomic E-state index is 0.142. The molecule has 5 nitrogen and oxygen atoms in total. The van der Waals surface area contributed by atoms with E-state index in [1.165, 1.54) is 0 Å². The lowest BCUT2D eigenvalue weighted by atomic mass is 10.0. The van der Waals surface area contributed by atoms with E-state index in [0.29, 0.717) is 13.2 Å². The van der Waals surface area contributed by atoms with Crippen molar-refractivity contribution in [2.45, 2.75) is 6.10 Å². The fourth-order valence-electron chi connectivity index (χ4n) is 2.55. The van der Waals surface area contributed by atoms with Crippen LogP contribution in [0.3, 0.4) is 0 Å². The average molecular weight is 382 g/mol. The number of hydrogen-bond acceptors (Lipinski definition) is 4. The summed E-state index contributed by atoms with van der Waals surface area (Å²) in [5.74, 6) is 0.765. The minimum atomic E-state index is -0.757. The Balaban J connectivity index is 1.37. The van der Waals surface area contributed by atoms with Crippen LogP contribution in [0.2, 0.25) is 0 Å². The van der Waals surface area contributed by atoms with Crippen LogP contribution in [0.5, 0.6) is 5.75 Å². The summed E-state index contributed by atoms with van der Waals surface area (Å²) in [6, 6.07) is 18.9. The van der Waals surface area contributed by atoms with Gasteiger partial charge in [-0.05, 0) is 45.6 Å². The van der Waals surface area contributed by atoms with Gasteiger partial charge in [-0.25, -0.2) is 4.79 Å². The highest BCUT2D eigenvalue weighted by atomic mass is 32.1. The number of hydrogen-bond donors (Lipinski definition) is 3. The number of aliphatic hydroxyl groups is 1. The van der Waals surface area contributed by atoms with Crippen molar-refractivity contribution in [1.29, 1.82) is 0 Å². The van der Waals surface area contributed by atoms with Gasteiger partial charge in [0, 0.05) is 6.54 Å². The van der Waals surface area contributed by atoms with Crippen LogP contribution < -0.4 is 15.4 Å². The quantitative estimate of drug-likeness (QED) is 0.519. The Hall–Kier alpha value is -2.83. The Kier molecular flexibility index (Phi) is 6.84. The van der Waals surface area contributed by atoms with Crippen LogP contribution in [0, 0.1) is 0 Å². The second-order valence-corrected chi connectivity index (χ2v) is 6.73. The van der Waals surface area contributed by atoms with Crippen molar-refractivity contribution in [2.75, 3.05) is 19.7 Å². The molecule has 0 bridgehead atoms. The Bertz CT molecular complexity index is 820. The molecule has 1 heterocycles. The number of rotatable bonds is 8. The molecule has 0 spiro atoms. The van der Waals surface area contributed by atoms with Crippen LogP contribution in [-0.4, -0.2) is 30.8 Å². The maximum Gasteiger partial charge on any atom is 0.315 e. The smallest absolute Gasteiger partial charge is 0.315 e. The van der Waals surface area contributed by atoms with Gasteiger partial charge in [0.15, 0.2) is 0 Å². The number of carbonyl (C=O) groups excluding carboxylic acids is 1. The van der Waals surface area contributed by atoms with E-state index in [1.54, 1.807) is 11.3 Å². The zero-order chi connectivity index (χ0) is 18.9. The zero-order valence-corrected chi connectivity index (χ0v) is 15.6. The molecule has 3 rings (SSSR count). The third-order valence-corrected chi connectivity index (χ3v) is 4.69. The number of ether oxygens (including phenoxy) is 1. The first-order valence-corrected chi connectivity index (χ1v) is 9.67. The Labute approximate surface area is 162 Å². The number of nitrogens with one attached hydrogen (secondary N) is 2. The minimum Gasteiger partial charge on any atom is -0.492 e. The summed E-state index contributed by atoms with van der Waals surface area (Å²) in [5, 5.41) is 19.7. The third-order valence-electron chi connectivity index (χ3n) is 4.01. The first-order chi connectivity index (χ1) is 13.2. The lowest BCUT2D eigenvalue weighted by Crippen LogP contribution is -2.39. The molecule has 1 unspecified atom stereocenters. The van der Waals surface area contributed by atoms with Crippen LogP contribution >= 0.6 is 11.3 Å². The van der Waals surface area contributed by atoms with E-state index >= 15 is 0 Å². The largest absolute Gasteiger partial charge is 0.492 e. The van der Waals surface area contributed by atoms with E-state index in [1.807, 2.05) is 60.0 Å². The number of aliphatic hydroxyl groups excluding tert-OH is 1. The molecule has 3 N–H and O–H groups in total. The molecule has 2 aromatic carbocycles. The van der Waals surface area contributed by atoms with Gasteiger partial charge in [0.2, 0.25) is 0 Å². The van der Waals surface area contributed by atoms with Gasteiger partial charge >= 0.3 is 6.03 Å². The van der Waals surface area contributed by atoms with Crippen molar-refractivity contribution in [3.63, 3.8) is 0 Å². The molecule has 0 saturated carbocycles. The van der Waals surface area contributed by atoms with Gasteiger partial charge in [-0.2, -0.15) is 11.3 Å². The first-order valence-electron chi connectivity index (χ1n) is 8.72. The highest BCUT2D eigenvalue weighted by Gasteiger charge is 2.10. The van der Waals surface area contributed by atoms with E-state index in [-0.39, 0.29) is 12.6 Å². The summed E-state index contributed by atoms with van der Waals surface area (Å²) in [5.41, 5.74) is 3.04. The predicted molar refractivity (Wildman–Crippen MR) is 108 cm³/mol. The topological polar surface area (TPSA) is 70.6 Å². The Morgan fingerprint density at radius 3 is 2.48 bits per heavy atom. The van der Waals surface area contributed by atoms with E-state index in [0.717, 1.165) is 22.4 Å². The Morgan fingerprint density at radius 1 is 1.00 bits per heavy atom. The van der Waals surface area contributed by atoms with Gasteiger partial charge in [0.05, 0.1) is 12.6 Å². The molecule has 3 aromatic rings. The second-order valence-electron chi connectivity index (χ2n) is 5.95. The summed E-state index contributed by atoms with van der Waals surface area (Å²) in [4.78, 5) is 11.8. The molecule has 0 saturated heterocycles. The predicted octanol–water partition coefficient (Wildman–Crippen LogP) is 3.83. The van der Waals surface area contributed by atoms with Crippen molar-refractivity contribution >= 4 is 17.4 Å². The third kappa shape index (κ3) is 5.84. The van der Waals surface area contributed by atoms with Crippen LogP contribution in [0.1, 0.15) is 11.7 Å². The van der Waals surface area contributed by atoms with Crippen LogP contribution in [0.25, 0.3) is 11.1 Å². The van der Waals surface area contributed by atoms with Crippen molar-refractivity contribution < 1.29 is 14.6 Å². The van der Waals surface area contributed by atoms with Crippen molar-refractivity contribution in [3.05, 3.63) is 77.0 Å². The summed E-state index contributed by atoms with van der Waals surface area (Å²) in [6.45, 7) is 0.902.